The van der Waals surface area contributed by atoms with Gasteiger partial charge in [0.25, 0.3) is 0 Å². The molecule has 1 spiro atoms. The summed E-state index contributed by atoms with van der Waals surface area (Å²) in [6, 6.07) is 7.41. The summed E-state index contributed by atoms with van der Waals surface area (Å²) in [4.78, 5) is 60.1. The maximum Gasteiger partial charge on any atom is 0.313 e. The molecule has 2 saturated heterocycles. The summed E-state index contributed by atoms with van der Waals surface area (Å²) in [7, 11) is 1.52. The monoisotopic (exact) mass is 715 g/mol. The van der Waals surface area contributed by atoms with Crippen LogP contribution < -0.4 is 5.32 Å². The van der Waals surface area contributed by atoms with E-state index in [-0.39, 0.29) is 50.4 Å². The first-order valence-corrected chi connectivity index (χ1v) is 17.2. The molecule has 3 amide bonds. The number of allylic oxidation sites excluding steroid dienone is 1. The number of ether oxygens (including phenoxy) is 3. The van der Waals surface area contributed by atoms with Crippen molar-refractivity contribution in [2.75, 3.05) is 33.4 Å². The van der Waals surface area contributed by atoms with Crippen LogP contribution in [0.5, 0.6) is 0 Å². The number of hydrogen-bond donors (Lipinski definition) is 2. The number of likely N-dealkylation sites (tertiary alicyclic amines) is 1. The smallest absolute Gasteiger partial charge is 0.313 e. The lowest BCUT2D eigenvalue weighted by Gasteiger charge is -2.41. The zero-order chi connectivity index (χ0) is 33.9. The predicted molar refractivity (Wildman–Crippen MR) is 177 cm³/mol. The topological polar surface area (TPSA) is 135 Å². The van der Waals surface area contributed by atoms with Crippen molar-refractivity contribution in [1.29, 1.82) is 0 Å². The van der Waals surface area contributed by atoms with Gasteiger partial charge in [0.2, 0.25) is 17.7 Å². The van der Waals surface area contributed by atoms with Gasteiger partial charge < -0.3 is 34.4 Å². The maximum atomic E-state index is 14.7. The van der Waals surface area contributed by atoms with E-state index in [1.54, 1.807) is 15.9 Å². The summed E-state index contributed by atoms with van der Waals surface area (Å²) in [5.41, 5.74) is -1.35. The van der Waals surface area contributed by atoms with E-state index in [0.717, 1.165) is 0 Å². The van der Waals surface area contributed by atoms with Crippen LogP contribution in [0.25, 0.3) is 0 Å². The standard InChI is InChI=1S/C35H46BrN3O8/c1-34(2,3)39-18-12-6-10-16-25(41)37-24(21-45-4)28(22-14-8-5-9-15-22)46-33(44)26-27-31(42)38(17-11-7-13-19-40)30(32(39)43)35(27)20-23(36)29(26)47-35/h5-6,8-9,12,14-15,20,24,26-30,40H,7,10-11,13,16-19,21H2,1-4H3,(H,37,41)/b12-6-/t24-,26+,27-,28-,29+,30+,35-/m1/s1. The fraction of sp³-hybridized carbons (Fsp3) is 0.600. The Balaban J connectivity index is 1.61. The van der Waals surface area contributed by atoms with Gasteiger partial charge in [0.15, 0.2) is 0 Å². The van der Waals surface area contributed by atoms with Gasteiger partial charge in [0.1, 0.15) is 29.8 Å². The van der Waals surface area contributed by atoms with E-state index in [1.807, 2.05) is 63.3 Å². The summed E-state index contributed by atoms with van der Waals surface area (Å²) in [5, 5.41) is 12.4. The number of rotatable bonds is 8. The molecule has 1 aromatic carbocycles. The number of fused-ring (bicyclic) bond motifs is 2. The van der Waals surface area contributed by atoms with Crippen LogP contribution in [0.15, 0.2) is 53.0 Å². The largest absolute Gasteiger partial charge is 0.455 e. The van der Waals surface area contributed by atoms with E-state index in [1.165, 1.54) is 7.11 Å². The number of unbranched alkanes of at least 4 members (excludes halogenated alkanes) is 2. The summed E-state index contributed by atoms with van der Waals surface area (Å²) < 4.78 is 19.0. The molecule has 47 heavy (non-hydrogen) atoms. The Kier molecular flexibility index (Phi) is 10.9. The molecule has 0 unspecified atom stereocenters. The highest BCUT2D eigenvalue weighted by atomic mass is 79.9. The van der Waals surface area contributed by atoms with Gasteiger partial charge in [-0.3, -0.25) is 19.2 Å². The molecule has 0 saturated carbocycles. The predicted octanol–water partition coefficient (Wildman–Crippen LogP) is 3.42. The molecule has 0 aliphatic carbocycles. The van der Waals surface area contributed by atoms with Gasteiger partial charge in [0, 0.05) is 43.2 Å². The molecular weight excluding hydrogens is 670 g/mol. The third kappa shape index (κ3) is 6.93. The minimum absolute atomic E-state index is 0.0362. The number of aliphatic hydroxyl groups excluding tert-OH is 1. The van der Waals surface area contributed by atoms with Crippen molar-refractivity contribution in [3.8, 4) is 0 Å². The van der Waals surface area contributed by atoms with Crippen LogP contribution in [0.2, 0.25) is 0 Å². The van der Waals surface area contributed by atoms with Crippen LogP contribution in [0.1, 0.15) is 64.5 Å². The van der Waals surface area contributed by atoms with Crippen molar-refractivity contribution in [3.63, 3.8) is 0 Å². The number of nitrogens with one attached hydrogen (secondary N) is 1. The number of cyclic esters (lactones) is 1. The number of esters is 1. The number of carbonyl (C=O) groups excluding carboxylic acids is 4. The van der Waals surface area contributed by atoms with E-state index in [0.29, 0.717) is 35.7 Å². The Labute approximate surface area is 284 Å². The normalized spacial score (nSPS) is 32.3. The molecule has 12 heteroatoms. The molecule has 1 aromatic rings. The maximum absolute atomic E-state index is 14.7. The summed E-state index contributed by atoms with van der Waals surface area (Å²) in [6.45, 7) is 6.45. The van der Waals surface area contributed by atoms with Crippen molar-refractivity contribution in [2.24, 2.45) is 11.8 Å². The Hall–Kier alpha value is -3.06. The first-order valence-electron chi connectivity index (χ1n) is 16.4. The fourth-order valence-corrected chi connectivity index (χ4v) is 8.06. The van der Waals surface area contributed by atoms with E-state index >= 15 is 0 Å². The summed E-state index contributed by atoms with van der Waals surface area (Å²) >= 11 is 3.61. The minimum atomic E-state index is -1.39. The molecule has 7 atom stereocenters. The van der Waals surface area contributed by atoms with E-state index in [2.05, 4.69) is 21.2 Å². The summed E-state index contributed by atoms with van der Waals surface area (Å²) in [6.07, 6.45) is 6.25. The Morgan fingerprint density at radius 3 is 2.47 bits per heavy atom. The molecule has 0 radical (unpaired) electrons. The number of benzene rings is 1. The van der Waals surface area contributed by atoms with Crippen LogP contribution in [-0.4, -0.2) is 101 Å². The SMILES string of the molecule is COC[C@H]1NC(=O)CC/C=C\CN(C(C)(C)C)C(=O)[C@@H]2N(CCCCCO)C(=O)[C@H]3[C@H](C(=O)O[C@@H]1c1ccccc1)[C@H]1O[C@@]23C=C1Br. The number of aliphatic hydroxyl groups is 1. The van der Waals surface area contributed by atoms with Gasteiger partial charge in [-0.05, 0) is 58.1 Å². The first-order chi connectivity index (χ1) is 22.4. The van der Waals surface area contributed by atoms with Crippen molar-refractivity contribution in [2.45, 2.75) is 88.3 Å². The quantitative estimate of drug-likeness (QED) is 0.238. The first kappa shape index (κ1) is 35.3. The fourth-order valence-electron chi connectivity index (χ4n) is 7.32. The van der Waals surface area contributed by atoms with Gasteiger partial charge in [-0.1, -0.05) is 58.4 Å². The molecule has 4 aliphatic rings. The Morgan fingerprint density at radius 1 is 1.04 bits per heavy atom. The molecule has 11 nitrogen and oxygen atoms in total. The molecular formula is C35H46BrN3O8. The van der Waals surface area contributed by atoms with Crippen molar-refractivity contribution >= 4 is 39.6 Å². The van der Waals surface area contributed by atoms with Crippen molar-refractivity contribution in [3.05, 3.63) is 58.6 Å². The lowest BCUT2D eigenvalue weighted by Crippen LogP contribution is -2.59. The zero-order valence-electron chi connectivity index (χ0n) is 27.5. The van der Waals surface area contributed by atoms with Gasteiger partial charge in [-0.15, -0.1) is 0 Å². The average molecular weight is 717 g/mol. The molecule has 4 aliphatic heterocycles. The molecule has 2 fully saturated rings. The van der Waals surface area contributed by atoms with Crippen molar-refractivity contribution in [1.82, 2.24) is 15.1 Å². The van der Waals surface area contributed by atoms with Gasteiger partial charge >= 0.3 is 5.97 Å². The van der Waals surface area contributed by atoms with Crippen LogP contribution in [-0.2, 0) is 33.4 Å². The average Bonchev–Trinajstić information content (AvgIpc) is 3.62. The van der Waals surface area contributed by atoms with Crippen LogP contribution in [0, 0.1) is 11.8 Å². The highest BCUT2D eigenvalue weighted by Gasteiger charge is 2.75. The molecule has 0 aromatic heterocycles. The highest BCUT2D eigenvalue weighted by Crippen LogP contribution is 2.59. The van der Waals surface area contributed by atoms with E-state index in [9.17, 15) is 24.3 Å². The number of amides is 3. The van der Waals surface area contributed by atoms with Gasteiger partial charge in [-0.25, -0.2) is 0 Å². The van der Waals surface area contributed by atoms with Gasteiger partial charge in [0.05, 0.1) is 18.6 Å². The van der Waals surface area contributed by atoms with Crippen LogP contribution >= 0.6 is 15.9 Å². The lowest BCUT2D eigenvalue weighted by molar-refractivity contribution is -0.162. The molecule has 5 rings (SSSR count). The highest BCUT2D eigenvalue weighted by molar-refractivity contribution is 9.11. The number of carbonyl (C=O) groups is 4. The number of hydrogen-bond acceptors (Lipinski definition) is 8. The zero-order valence-corrected chi connectivity index (χ0v) is 29.1. The molecule has 256 valence electrons. The third-order valence-electron chi connectivity index (χ3n) is 9.49. The Bertz CT molecular complexity index is 1390. The van der Waals surface area contributed by atoms with E-state index < -0.39 is 53.2 Å². The number of nitrogens with zero attached hydrogens (tertiary/aromatic N) is 2. The third-order valence-corrected chi connectivity index (χ3v) is 10.2. The van der Waals surface area contributed by atoms with Crippen LogP contribution in [0.4, 0.5) is 0 Å². The lowest BCUT2D eigenvalue weighted by atomic mass is 9.74. The number of methoxy groups -OCH3 is 1. The molecule has 5 bridgehead atoms. The van der Waals surface area contributed by atoms with Gasteiger partial charge in [-0.2, -0.15) is 0 Å². The summed E-state index contributed by atoms with van der Waals surface area (Å²) in [5.74, 6) is -3.54. The Morgan fingerprint density at radius 2 is 1.79 bits per heavy atom. The van der Waals surface area contributed by atoms with E-state index in [4.69, 9.17) is 14.2 Å². The van der Waals surface area contributed by atoms with Crippen LogP contribution in [0.3, 0.4) is 0 Å². The molecule has 2 N–H and O–H groups in total. The van der Waals surface area contributed by atoms with Crippen molar-refractivity contribution < 1.29 is 38.5 Å². The second-order valence-electron chi connectivity index (χ2n) is 13.7. The second kappa shape index (κ2) is 14.6. The molecule has 4 heterocycles. The number of halogens is 1. The minimum Gasteiger partial charge on any atom is -0.455 e. The second-order valence-corrected chi connectivity index (χ2v) is 14.6.